The highest BCUT2D eigenvalue weighted by Gasteiger charge is 2.27. The Labute approximate surface area is 74.8 Å². The van der Waals surface area contributed by atoms with Crippen molar-refractivity contribution in [3.63, 3.8) is 0 Å². The molecule has 0 aliphatic carbocycles. The topological polar surface area (TPSA) is 40.5 Å². The van der Waals surface area contributed by atoms with Crippen molar-refractivity contribution < 1.29 is 9.90 Å². The molecule has 0 amide bonds. The molecular formula is C6H9NO2S2. The molecule has 1 rings (SSSR count). The summed E-state index contributed by atoms with van der Waals surface area (Å²) < 4.78 is 0.802. The highest BCUT2D eigenvalue weighted by molar-refractivity contribution is 8.23. The minimum absolute atomic E-state index is 0.0880. The molecule has 0 aromatic carbocycles. The van der Waals surface area contributed by atoms with Crippen molar-refractivity contribution >= 4 is 34.3 Å². The van der Waals surface area contributed by atoms with Crippen LogP contribution in [-0.4, -0.2) is 39.1 Å². The highest BCUT2D eigenvalue weighted by atomic mass is 32.2. The van der Waals surface area contributed by atoms with Crippen LogP contribution in [0, 0.1) is 0 Å². The van der Waals surface area contributed by atoms with E-state index >= 15 is 0 Å². The van der Waals surface area contributed by atoms with E-state index in [9.17, 15) is 4.79 Å². The van der Waals surface area contributed by atoms with Gasteiger partial charge in [-0.2, -0.15) is 0 Å². The smallest absolute Gasteiger partial charge is 0.305 e. The van der Waals surface area contributed by atoms with E-state index in [1.165, 1.54) is 0 Å². The zero-order valence-corrected chi connectivity index (χ0v) is 7.74. The van der Waals surface area contributed by atoms with Gasteiger partial charge in [-0.1, -0.05) is 24.0 Å². The molecule has 62 valence electrons. The lowest BCUT2D eigenvalue weighted by molar-refractivity contribution is -0.137. The Morgan fingerprint density at radius 2 is 2.64 bits per heavy atom. The summed E-state index contributed by atoms with van der Waals surface area (Å²) in [6.45, 7) is 0. The molecule has 1 N–H and O–H groups in total. The molecule has 1 atom stereocenters. The summed E-state index contributed by atoms with van der Waals surface area (Å²) in [4.78, 5) is 12.2. The molecule has 1 aliphatic heterocycles. The number of nitrogens with zero attached hydrogens (tertiary/aromatic N) is 1. The van der Waals surface area contributed by atoms with Crippen molar-refractivity contribution in [3.8, 4) is 0 Å². The Morgan fingerprint density at radius 1 is 2.00 bits per heavy atom. The predicted octanol–water partition coefficient (Wildman–Crippen LogP) is 0.793. The van der Waals surface area contributed by atoms with Crippen molar-refractivity contribution in [2.45, 2.75) is 12.5 Å². The van der Waals surface area contributed by atoms with Gasteiger partial charge >= 0.3 is 5.97 Å². The first-order valence-corrected chi connectivity index (χ1v) is 4.62. The maximum absolute atomic E-state index is 10.3. The fourth-order valence-electron chi connectivity index (χ4n) is 0.928. The van der Waals surface area contributed by atoms with Crippen LogP contribution in [0.25, 0.3) is 0 Å². The van der Waals surface area contributed by atoms with E-state index in [-0.39, 0.29) is 12.5 Å². The maximum Gasteiger partial charge on any atom is 0.305 e. The molecule has 1 fully saturated rings. The van der Waals surface area contributed by atoms with E-state index in [4.69, 9.17) is 17.3 Å². The molecule has 3 nitrogen and oxygen atoms in total. The van der Waals surface area contributed by atoms with Gasteiger partial charge in [-0.15, -0.1) is 0 Å². The lowest BCUT2D eigenvalue weighted by Gasteiger charge is -2.17. The number of thiocarbonyl (C=S) groups is 1. The van der Waals surface area contributed by atoms with Gasteiger partial charge in [0, 0.05) is 18.8 Å². The standard InChI is InChI=1S/C6H9NO2S2/c1-7-4(2-5(8)9)3-11-6(7)10/h4H,2-3H2,1H3,(H,8,9). The van der Waals surface area contributed by atoms with E-state index in [0.717, 1.165) is 10.1 Å². The molecule has 0 aromatic rings. The Balaban J connectivity index is 2.48. The van der Waals surface area contributed by atoms with Gasteiger partial charge in [0.15, 0.2) is 0 Å². The fraction of sp³-hybridized carbons (Fsp3) is 0.667. The van der Waals surface area contributed by atoms with Gasteiger partial charge in [0.2, 0.25) is 0 Å². The molecule has 1 unspecified atom stereocenters. The number of hydrogen-bond acceptors (Lipinski definition) is 3. The van der Waals surface area contributed by atoms with Gasteiger partial charge in [-0.05, 0) is 0 Å². The van der Waals surface area contributed by atoms with Crippen LogP contribution < -0.4 is 0 Å². The van der Waals surface area contributed by atoms with E-state index in [1.807, 2.05) is 11.9 Å². The fourth-order valence-corrected chi connectivity index (χ4v) is 2.31. The normalized spacial score (nSPS) is 24.3. The third-order valence-corrected chi connectivity index (χ3v) is 3.37. The number of rotatable bonds is 2. The number of carbonyl (C=O) groups is 1. The van der Waals surface area contributed by atoms with Gasteiger partial charge in [-0.25, -0.2) is 0 Å². The summed E-state index contributed by atoms with van der Waals surface area (Å²) >= 11 is 6.52. The van der Waals surface area contributed by atoms with E-state index in [2.05, 4.69) is 0 Å². The first-order chi connectivity index (χ1) is 5.11. The molecule has 1 aliphatic rings. The zero-order chi connectivity index (χ0) is 8.43. The minimum atomic E-state index is -0.757. The van der Waals surface area contributed by atoms with Crippen molar-refractivity contribution in [1.29, 1.82) is 0 Å². The first kappa shape index (κ1) is 8.80. The lowest BCUT2D eigenvalue weighted by Crippen LogP contribution is -2.31. The Bertz CT molecular complexity index is 195. The quantitative estimate of drug-likeness (QED) is 0.654. The molecule has 11 heavy (non-hydrogen) atoms. The van der Waals surface area contributed by atoms with Crippen molar-refractivity contribution in [2.24, 2.45) is 0 Å². The number of carboxylic acids is 1. The lowest BCUT2D eigenvalue weighted by atomic mass is 10.2. The van der Waals surface area contributed by atoms with Gasteiger partial charge in [0.1, 0.15) is 4.32 Å². The van der Waals surface area contributed by atoms with Gasteiger partial charge in [-0.3, -0.25) is 4.79 Å². The van der Waals surface area contributed by atoms with Crippen LogP contribution in [0.2, 0.25) is 0 Å². The third-order valence-electron chi connectivity index (χ3n) is 1.65. The zero-order valence-electron chi connectivity index (χ0n) is 6.11. The molecule has 1 heterocycles. The van der Waals surface area contributed by atoms with E-state index in [0.29, 0.717) is 0 Å². The number of aliphatic carboxylic acids is 1. The number of hydrogen-bond donors (Lipinski definition) is 1. The molecule has 0 radical (unpaired) electrons. The molecule has 5 heteroatoms. The summed E-state index contributed by atoms with van der Waals surface area (Å²) in [7, 11) is 1.84. The second kappa shape index (κ2) is 3.40. The SMILES string of the molecule is CN1C(=S)SCC1CC(=O)O. The molecule has 1 saturated heterocycles. The van der Waals surface area contributed by atoms with Crippen LogP contribution in [0.4, 0.5) is 0 Å². The van der Waals surface area contributed by atoms with Crippen molar-refractivity contribution in [3.05, 3.63) is 0 Å². The first-order valence-electron chi connectivity index (χ1n) is 3.22. The second-order valence-electron chi connectivity index (χ2n) is 2.44. The Hall–Kier alpha value is -0.290. The van der Waals surface area contributed by atoms with Crippen LogP contribution in [0.3, 0.4) is 0 Å². The molecular weight excluding hydrogens is 182 g/mol. The Morgan fingerprint density at radius 3 is 3.00 bits per heavy atom. The number of thioether (sulfide) groups is 1. The van der Waals surface area contributed by atoms with E-state index in [1.54, 1.807) is 11.8 Å². The highest BCUT2D eigenvalue weighted by Crippen LogP contribution is 2.23. The predicted molar refractivity (Wildman–Crippen MR) is 48.9 cm³/mol. The second-order valence-corrected chi connectivity index (χ2v) is 4.09. The summed E-state index contributed by atoms with van der Waals surface area (Å²) in [6.07, 6.45) is 0.184. The average Bonchev–Trinajstić information content (AvgIpc) is 2.18. The summed E-state index contributed by atoms with van der Waals surface area (Å²) in [6, 6.07) is 0.0880. The largest absolute Gasteiger partial charge is 0.481 e. The van der Waals surface area contributed by atoms with Gasteiger partial charge in [0.05, 0.1) is 6.42 Å². The van der Waals surface area contributed by atoms with Gasteiger partial charge in [0.25, 0.3) is 0 Å². The summed E-state index contributed by atoms with van der Waals surface area (Å²) in [5, 5.41) is 8.50. The molecule has 0 aromatic heterocycles. The molecule has 0 spiro atoms. The van der Waals surface area contributed by atoms with E-state index < -0.39 is 5.97 Å². The molecule has 0 saturated carbocycles. The number of carboxylic acid groups (broad SMARTS) is 1. The van der Waals surface area contributed by atoms with Crippen LogP contribution in [-0.2, 0) is 4.79 Å². The average molecular weight is 191 g/mol. The van der Waals surface area contributed by atoms with Crippen molar-refractivity contribution in [1.82, 2.24) is 4.90 Å². The summed E-state index contributed by atoms with van der Waals surface area (Å²) in [5.41, 5.74) is 0. The summed E-state index contributed by atoms with van der Waals surface area (Å²) in [5.74, 6) is 0.0499. The Kier molecular flexibility index (Phi) is 2.72. The van der Waals surface area contributed by atoms with Gasteiger partial charge < -0.3 is 10.0 Å². The molecule has 0 bridgehead atoms. The minimum Gasteiger partial charge on any atom is -0.481 e. The van der Waals surface area contributed by atoms with Crippen molar-refractivity contribution in [2.75, 3.05) is 12.8 Å². The maximum atomic E-state index is 10.3. The van der Waals surface area contributed by atoms with Crippen LogP contribution in [0.5, 0.6) is 0 Å². The van der Waals surface area contributed by atoms with Crippen LogP contribution >= 0.6 is 24.0 Å². The monoisotopic (exact) mass is 191 g/mol. The van der Waals surface area contributed by atoms with Crippen LogP contribution in [0.15, 0.2) is 0 Å². The van der Waals surface area contributed by atoms with Crippen LogP contribution in [0.1, 0.15) is 6.42 Å². The third kappa shape index (κ3) is 2.07.